The highest BCUT2D eigenvalue weighted by Crippen LogP contribution is 2.24. The highest BCUT2D eigenvalue weighted by Gasteiger charge is 2.38. The van der Waals surface area contributed by atoms with E-state index in [1.807, 2.05) is 30.3 Å². The van der Waals surface area contributed by atoms with Crippen LogP contribution in [-0.4, -0.2) is 51.5 Å². The van der Waals surface area contributed by atoms with Gasteiger partial charge in [-0.2, -0.15) is 18.3 Å². The molecule has 0 radical (unpaired) electrons. The molecule has 3 rings (SSSR count). The lowest BCUT2D eigenvalue weighted by Crippen LogP contribution is -2.21. The second-order valence-electron chi connectivity index (χ2n) is 5.61. The summed E-state index contributed by atoms with van der Waals surface area (Å²) in [4.78, 5) is 18.9. The van der Waals surface area contributed by atoms with Crippen LogP contribution in [0.4, 0.5) is 23.4 Å². The minimum atomic E-state index is -5.08. The van der Waals surface area contributed by atoms with E-state index in [0.717, 1.165) is 16.8 Å². The van der Waals surface area contributed by atoms with Gasteiger partial charge >= 0.3 is 12.1 Å². The number of rotatable bonds is 3. The van der Waals surface area contributed by atoms with Crippen molar-refractivity contribution in [3.63, 3.8) is 0 Å². The van der Waals surface area contributed by atoms with Crippen molar-refractivity contribution in [1.82, 2.24) is 20.2 Å². The third-order valence-electron chi connectivity index (χ3n) is 3.32. The number of hydrogen-bond acceptors (Lipinski definition) is 5. The van der Waals surface area contributed by atoms with Crippen LogP contribution < -0.4 is 4.90 Å². The zero-order chi connectivity index (χ0) is 20.9. The number of aliphatic carboxylic acids is 1. The predicted molar refractivity (Wildman–Crippen MR) is 93.0 cm³/mol. The molecule has 0 saturated carbocycles. The standard InChI is InChI=1S/C15H14FN5.C2HF3O2/c1-21(2)15-12(16)9-17-14(19-15)11-5-3-4-10(8-11)13-6-7-18-20-13;3-2(4,5)1(6)7/h3-9H,1-2H3,(H,18,20);(H,6,7). The monoisotopic (exact) mass is 397 g/mol. The van der Waals surface area contributed by atoms with E-state index in [2.05, 4.69) is 20.2 Å². The highest BCUT2D eigenvalue weighted by atomic mass is 19.4. The number of hydrogen-bond donors (Lipinski definition) is 2. The molecule has 11 heteroatoms. The molecule has 0 aliphatic rings. The van der Waals surface area contributed by atoms with E-state index in [0.29, 0.717) is 5.82 Å². The summed E-state index contributed by atoms with van der Waals surface area (Å²) in [7, 11) is 3.49. The van der Waals surface area contributed by atoms with Crippen LogP contribution in [0.5, 0.6) is 0 Å². The normalized spacial score (nSPS) is 10.8. The molecule has 3 aromatic rings. The fraction of sp³-hybridized carbons (Fsp3) is 0.176. The van der Waals surface area contributed by atoms with Gasteiger partial charge in [-0.25, -0.2) is 19.2 Å². The maximum Gasteiger partial charge on any atom is 0.490 e. The topological polar surface area (TPSA) is 95.0 Å². The van der Waals surface area contributed by atoms with Gasteiger partial charge in [0.25, 0.3) is 0 Å². The molecule has 0 amide bonds. The lowest BCUT2D eigenvalue weighted by Gasteiger charge is -2.13. The molecular weight excluding hydrogens is 382 g/mol. The summed E-state index contributed by atoms with van der Waals surface area (Å²) in [6, 6.07) is 9.60. The Morgan fingerprint density at radius 3 is 2.36 bits per heavy atom. The number of anilines is 1. The minimum absolute atomic E-state index is 0.270. The first-order valence-electron chi connectivity index (χ1n) is 7.69. The number of carboxylic acids is 1. The van der Waals surface area contributed by atoms with Gasteiger partial charge in [-0.05, 0) is 12.1 Å². The number of H-pyrrole nitrogens is 1. The Bertz CT molecular complexity index is 943. The van der Waals surface area contributed by atoms with Gasteiger partial charge in [-0.1, -0.05) is 18.2 Å². The molecule has 1 aromatic carbocycles. The fourth-order valence-corrected chi connectivity index (χ4v) is 2.05. The predicted octanol–water partition coefficient (Wildman–Crippen LogP) is 3.37. The van der Waals surface area contributed by atoms with E-state index in [-0.39, 0.29) is 5.82 Å². The number of aromatic nitrogens is 4. The van der Waals surface area contributed by atoms with Crippen LogP contribution in [0.2, 0.25) is 0 Å². The quantitative estimate of drug-likeness (QED) is 0.658. The van der Waals surface area contributed by atoms with E-state index in [1.165, 1.54) is 6.20 Å². The number of aromatic amines is 1. The Morgan fingerprint density at radius 1 is 1.18 bits per heavy atom. The smallest absolute Gasteiger partial charge is 0.475 e. The molecule has 7 nitrogen and oxygen atoms in total. The maximum absolute atomic E-state index is 13.7. The number of nitrogens with one attached hydrogen (secondary N) is 1. The van der Waals surface area contributed by atoms with Crippen molar-refractivity contribution >= 4 is 11.8 Å². The lowest BCUT2D eigenvalue weighted by molar-refractivity contribution is -0.192. The van der Waals surface area contributed by atoms with Crippen molar-refractivity contribution in [1.29, 1.82) is 0 Å². The van der Waals surface area contributed by atoms with Gasteiger partial charge < -0.3 is 10.0 Å². The van der Waals surface area contributed by atoms with Gasteiger partial charge in [0, 0.05) is 31.4 Å². The van der Waals surface area contributed by atoms with Gasteiger partial charge in [0.1, 0.15) is 0 Å². The first-order chi connectivity index (χ1) is 13.1. The van der Waals surface area contributed by atoms with Crippen LogP contribution >= 0.6 is 0 Å². The summed E-state index contributed by atoms with van der Waals surface area (Å²) in [6.07, 6.45) is -2.19. The summed E-state index contributed by atoms with van der Waals surface area (Å²) >= 11 is 0. The minimum Gasteiger partial charge on any atom is -0.475 e. The highest BCUT2D eigenvalue weighted by molar-refractivity contribution is 5.73. The first kappa shape index (κ1) is 20.8. The van der Waals surface area contributed by atoms with Crippen LogP contribution in [0.25, 0.3) is 22.6 Å². The second kappa shape index (κ2) is 8.46. The number of carboxylic acid groups (broad SMARTS) is 1. The molecule has 0 aliphatic carbocycles. The Labute approximate surface area is 156 Å². The molecule has 2 N–H and O–H groups in total. The van der Waals surface area contributed by atoms with E-state index in [9.17, 15) is 17.6 Å². The molecule has 148 valence electrons. The number of benzene rings is 1. The average molecular weight is 397 g/mol. The van der Waals surface area contributed by atoms with Gasteiger partial charge in [-0.3, -0.25) is 5.10 Å². The number of alkyl halides is 3. The Hall–Kier alpha value is -3.50. The second-order valence-corrected chi connectivity index (χ2v) is 5.61. The molecule has 0 fully saturated rings. The molecule has 0 aliphatic heterocycles. The third kappa shape index (κ3) is 5.25. The Balaban J connectivity index is 0.000000345. The third-order valence-corrected chi connectivity index (χ3v) is 3.32. The molecule has 0 atom stereocenters. The largest absolute Gasteiger partial charge is 0.490 e. The van der Waals surface area contributed by atoms with Crippen molar-refractivity contribution in [2.24, 2.45) is 0 Å². The van der Waals surface area contributed by atoms with Crippen LogP contribution in [-0.2, 0) is 4.79 Å². The Morgan fingerprint density at radius 2 is 1.82 bits per heavy atom. The van der Waals surface area contributed by atoms with Crippen molar-refractivity contribution in [2.75, 3.05) is 19.0 Å². The van der Waals surface area contributed by atoms with Gasteiger partial charge in [0.05, 0.1) is 11.9 Å². The van der Waals surface area contributed by atoms with Crippen LogP contribution in [0.1, 0.15) is 0 Å². The molecule has 0 bridgehead atoms. The molecular formula is C17H15F4N5O2. The fourth-order valence-electron chi connectivity index (χ4n) is 2.05. The number of halogens is 4. The van der Waals surface area contributed by atoms with Gasteiger partial charge in [0.2, 0.25) is 0 Å². The molecule has 2 heterocycles. The van der Waals surface area contributed by atoms with E-state index in [1.54, 1.807) is 25.2 Å². The Kier molecular flexibility index (Phi) is 6.29. The molecule has 0 saturated heterocycles. The molecule has 0 unspecified atom stereocenters. The average Bonchev–Trinajstić information content (AvgIpc) is 3.16. The zero-order valence-corrected chi connectivity index (χ0v) is 14.7. The van der Waals surface area contributed by atoms with E-state index < -0.39 is 18.0 Å². The van der Waals surface area contributed by atoms with Crippen molar-refractivity contribution < 1.29 is 27.5 Å². The van der Waals surface area contributed by atoms with Crippen molar-refractivity contribution in [2.45, 2.75) is 6.18 Å². The number of nitrogens with zero attached hydrogens (tertiary/aromatic N) is 4. The molecule has 28 heavy (non-hydrogen) atoms. The first-order valence-corrected chi connectivity index (χ1v) is 7.69. The van der Waals surface area contributed by atoms with Crippen molar-refractivity contribution in [3.05, 3.63) is 48.5 Å². The summed E-state index contributed by atoms with van der Waals surface area (Å²) < 4.78 is 45.4. The van der Waals surface area contributed by atoms with E-state index >= 15 is 0 Å². The number of carbonyl (C=O) groups is 1. The zero-order valence-electron chi connectivity index (χ0n) is 14.7. The van der Waals surface area contributed by atoms with Crippen LogP contribution in [0.15, 0.2) is 42.7 Å². The molecule has 2 aromatic heterocycles. The lowest BCUT2D eigenvalue weighted by atomic mass is 10.1. The summed E-state index contributed by atoms with van der Waals surface area (Å²) in [5.41, 5.74) is 2.71. The van der Waals surface area contributed by atoms with E-state index in [4.69, 9.17) is 9.90 Å². The summed E-state index contributed by atoms with van der Waals surface area (Å²) in [5.74, 6) is -2.44. The van der Waals surface area contributed by atoms with Crippen molar-refractivity contribution in [3.8, 4) is 22.6 Å². The summed E-state index contributed by atoms with van der Waals surface area (Å²) in [5, 5.41) is 14.0. The van der Waals surface area contributed by atoms with Crippen LogP contribution in [0, 0.1) is 5.82 Å². The molecule has 0 spiro atoms. The summed E-state index contributed by atoms with van der Waals surface area (Å²) in [6.45, 7) is 0. The SMILES string of the molecule is CN(C)c1nc(-c2cccc(-c3ccn[nH]3)c2)ncc1F.O=C(O)C(F)(F)F. The van der Waals surface area contributed by atoms with Gasteiger partial charge in [-0.15, -0.1) is 0 Å². The maximum atomic E-state index is 13.7. The van der Waals surface area contributed by atoms with Crippen LogP contribution in [0.3, 0.4) is 0 Å². The van der Waals surface area contributed by atoms with Gasteiger partial charge in [0.15, 0.2) is 17.5 Å².